The Morgan fingerprint density at radius 3 is 1.32 bits per heavy atom. The topological polar surface area (TPSA) is 90.4 Å². The molecule has 8 bridgehead atoms. The van der Waals surface area contributed by atoms with Gasteiger partial charge < -0.3 is 9.97 Å². The van der Waals surface area contributed by atoms with Crippen molar-refractivity contribution >= 4 is 87.5 Å². The minimum Gasteiger partial charge on any atom is -0.357 e. The summed E-state index contributed by atoms with van der Waals surface area (Å²) in [5.41, 5.74) is 9.64. The van der Waals surface area contributed by atoms with Gasteiger partial charge in [0.1, 0.15) is 10.8 Å². The Balaban J connectivity index is 1.17. The highest BCUT2D eigenvalue weighted by molar-refractivity contribution is 9.10. The lowest BCUT2D eigenvalue weighted by atomic mass is 9.71. The molecule has 292 valence electrons. The zero-order chi connectivity index (χ0) is 41.5. The number of hydrogen-bond donors (Lipinski definition) is 2. The molecular weight excluding hydrogens is 896 g/mol. The van der Waals surface area contributed by atoms with Gasteiger partial charge in [0.2, 0.25) is 0 Å². The number of rotatable bonds is 2. The highest BCUT2D eigenvalue weighted by Gasteiger charge is 2.56. The molecule has 0 radical (unpaired) electrons. The molecule has 2 N–H and O–H groups in total. The Hall–Kier alpha value is -7.00. The van der Waals surface area contributed by atoms with Crippen molar-refractivity contribution in [2.24, 2.45) is 9.98 Å². The summed E-state index contributed by atoms with van der Waals surface area (Å²) in [5, 5.41) is 3.87. The normalized spacial score (nSPS) is 22.9. The number of allylic oxidation sites excluding steroid dienone is 4. The Morgan fingerprint density at radius 2 is 0.855 bits per heavy atom. The Bertz CT molecular complexity index is 3430. The van der Waals surface area contributed by atoms with E-state index in [9.17, 15) is 0 Å². The molecule has 6 nitrogen and oxygen atoms in total. The minimum absolute atomic E-state index is 0.0135. The van der Waals surface area contributed by atoms with Gasteiger partial charge in [0.15, 0.2) is 11.6 Å². The predicted molar refractivity (Wildman–Crippen MR) is 253 cm³/mol. The van der Waals surface area contributed by atoms with Gasteiger partial charge in [-0.25, -0.2) is 0 Å². The van der Waals surface area contributed by atoms with E-state index in [1.165, 1.54) is 0 Å². The molecule has 6 aromatic carbocycles. The first-order valence-electron chi connectivity index (χ1n) is 20.4. The number of carbonyl (C=O) groups excluding carboxylic acids is 2. The van der Waals surface area contributed by atoms with Gasteiger partial charge in [-0.2, -0.15) is 0 Å². The molecule has 8 heteroatoms. The Kier molecular flexibility index (Phi) is 7.36. The first kappa shape index (κ1) is 35.7. The molecule has 5 heterocycles. The Labute approximate surface area is 372 Å². The third-order valence-electron chi connectivity index (χ3n) is 13.3. The first-order chi connectivity index (χ1) is 30.3. The highest BCUT2D eigenvalue weighted by atomic mass is 79.9. The molecule has 0 saturated heterocycles. The molecule has 13 rings (SSSR count). The molecule has 3 aliphatic heterocycles. The van der Waals surface area contributed by atoms with E-state index in [1.54, 1.807) is 0 Å². The van der Waals surface area contributed by atoms with E-state index in [0.717, 1.165) is 86.7 Å². The van der Waals surface area contributed by atoms with E-state index in [1.807, 2.05) is 97.1 Å². The minimum atomic E-state index is -1.33. The van der Waals surface area contributed by atoms with E-state index in [0.29, 0.717) is 33.9 Å². The van der Waals surface area contributed by atoms with Crippen molar-refractivity contribution in [3.8, 4) is 0 Å². The number of nitrogens with one attached hydrogen (secondary N) is 2. The maximum Gasteiger partial charge on any atom is 0.186 e. The smallest absolute Gasteiger partial charge is 0.186 e. The fourth-order valence-electron chi connectivity index (χ4n) is 10.7. The molecule has 0 unspecified atom stereocenters. The van der Waals surface area contributed by atoms with Crippen LogP contribution in [0.15, 0.2) is 200 Å². The average molecular weight is 927 g/mol. The molecule has 2 aliphatic carbocycles. The number of ketones is 2. The lowest BCUT2D eigenvalue weighted by Crippen LogP contribution is -2.46. The fraction of sp³-hybridized carbons (Fsp3) is 0.0370. The molecule has 8 aromatic rings. The highest BCUT2D eigenvalue weighted by Crippen LogP contribution is 2.52. The number of hydrogen-bond acceptors (Lipinski definition) is 4. The summed E-state index contributed by atoms with van der Waals surface area (Å²) in [7, 11) is 0. The van der Waals surface area contributed by atoms with Gasteiger partial charge in [0.05, 0.1) is 22.8 Å². The number of benzene rings is 6. The number of nitrogens with zero attached hydrogens (tertiary/aromatic N) is 2. The van der Waals surface area contributed by atoms with Crippen LogP contribution in [0.1, 0.15) is 65.7 Å². The van der Waals surface area contributed by atoms with Crippen LogP contribution in [-0.4, -0.2) is 33.0 Å². The van der Waals surface area contributed by atoms with Crippen LogP contribution in [0.5, 0.6) is 0 Å². The molecule has 5 aliphatic rings. The van der Waals surface area contributed by atoms with Crippen LogP contribution in [0.2, 0.25) is 0 Å². The summed E-state index contributed by atoms with van der Waals surface area (Å²) in [5.74, 6) is -0.0738. The Morgan fingerprint density at radius 1 is 0.435 bits per heavy atom. The zero-order valence-corrected chi connectivity index (χ0v) is 35.8. The van der Waals surface area contributed by atoms with Crippen molar-refractivity contribution in [3.05, 3.63) is 246 Å². The van der Waals surface area contributed by atoms with Crippen molar-refractivity contribution in [2.45, 2.75) is 10.8 Å². The SMILES string of the molecule is O=C1c2cccc3cccc(c23)C12C1=N/C(=C(/c3ccc(Br)cc3)c3ccc([nH]3)C3(C(=O)c4cccc5cccc3c45)c3ccc([nH]3)/C(c3ccc(Br)cc3)=C3/C=CC2=N3)C=C1. The fourth-order valence-corrected chi connectivity index (χ4v) is 11.2. The zero-order valence-electron chi connectivity index (χ0n) is 32.6. The molecule has 2 spiro atoms. The number of halogens is 2. The van der Waals surface area contributed by atoms with Gasteiger partial charge in [0, 0.05) is 54.0 Å². The van der Waals surface area contributed by atoms with Crippen LogP contribution in [0.3, 0.4) is 0 Å². The second-order valence-electron chi connectivity index (χ2n) is 16.3. The number of aromatic amines is 2. The van der Waals surface area contributed by atoms with Gasteiger partial charge in [-0.15, -0.1) is 0 Å². The van der Waals surface area contributed by atoms with Crippen molar-refractivity contribution in [3.63, 3.8) is 0 Å². The summed E-state index contributed by atoms with van der Waals surface area (Å²) in [6.45, 7) is 0. The third kappa shape index (κ3) is 4.57. The van der Waals surface area contributed by atoms with E-state index in [-0.39, 0.29) is 11.6 Å². The number of carbonyl (C=O) groups is 2. The summed E-state index contributed by atoms with van der Waals surface area (Å²) >= 11 is 7.29. The van der Waals surface area contributed by atoms with Crippen LogP contribution in [0, 0.1) is 0 Å². The summed E-state index contributed by atoms with van der Waals surface area (Å²) in [6, 6.07) is 48.8. The molecule has 62 heavy (non-hydrogen) atoms. The van der Waals surface area contributed by atoms with Crippen LogP contribution >= 0.6 is 31.9 Å². The van der Waals surface area contributed by atoms with Crippen molar-refractivity contribution in [1.29, 1.82) is 0 Å². The number of Topliss-reactive ketones (excluding diaryl/α,β-unsaturated/α-hetero) is 2. The molecule has 0 atom stereocenters. The van der Waals surface area contributed by atoms with Crippen molar-refractivity contribution in [1.82, 2.24) is 9.97 Å². The molecule has 0 fully saturated rings. The second-order valence-corrected chi connectivity index (χ2v) is 18.2. The van der Waals surface area contributed by atoms with E-state index in [2.05, 4.69) is 115 Å². The van der Waals surface area contributed by atoms with Gasteiger partial charge >= 0.3 is 0 Å². The quantitative estimate of drug-likeness (QED) is 0.181. The molecule has 2 aromatic heterocycles. The lowest BCUT2D eigenvalue weighted by Gasteiger charge is -2.28. The van der Waals surface area contributed by atoms with E-state index < -0.39 is 10.8 Å². The van der Waals surface area contributed by atoms with Crippen molar-refractivity contribution in [2.75, 3.05) is 0 Å². The van der Waals surface area contributed by atoms with E-state index in [4.69, 9.17) is 9.98 Å². The number of fused-ring (bicyclic) bond motifs is 12. The van der Waals surface area contributed by atoms with Crippen LogP contribution in [0.25, 0.3) is 32.7 Å². The number of H-pyrrole nitrogens is 2. The number of aromatic nitrogens is 2. The van der Waals surface area contributed by atoms with Crippen LogP contribution in [0.4, 0.5) is 0 Å². The van der Waals surface area contributed by atoms with Crippen molar-refractivity contribution < 1.29 is 9.59 Å². The van der Waals surface area contributed by atoms with Gasteiger partial charge in [0.25, 0.3) is 0 Å². The molecule has 0 saturated carbocycles. The van der Waals surface area contributed by atoms with Gasteiger partial charge in [-0.1, -0.05) is 129 Å². The summed E-state index contributed by atoms with van der Waals surface area (Å²) in [4.78, 5) is 49.6. The standard InChI is InChI=1S/C54H30Br2N4O2/c55-33-17-13-31(14-18-33)49-39-21-25-43(57-39)53(37-11-3-7-29-5-1-9-35(47(29)37)51(53)61)44-26-22-40(58-44)50(32-15-19-34(56)20-16-32)42-24-28-46(60-42)54(45-27-23-41(49)59-45)38-12-4-8-30-6-2-10-36(48(30)38)52(54)62/h1-28,57-58H/b49-41-,50-42-. The maximum atomic E-state index is 15.5. The monoisotopic (exact) mass is 924 g/mol. The van der Waals surface area contributed by atoms with Crippen LogP contribution < -0.4 is 0 Å². The summed E-state index contributed by atoms with van der Waals surface area (Å²) < 4.78 is 1.89. The maximum absolute atomic E-state index is 15.5. The lowest BCUT2D eigenvalue weighted by molar-refractivity contribution is 0.0939. The predicted octanol–water partition coefficient (Wildman–Crippen LogP) is 12.4. The second kappa shape index (κ2) is 12.8. The van der Waals surface area contributed by atoms with Crippen LogP contribution in [-0.2, 0) is 10.8 Å². The number of aliphatic imine (C=N–C) groups is 2. The molecular formula is C54H30Br2N4O2. The average Bonchev–Trinajstić information content (AvgIpc) is 4.17. The third-order valence-corrected chi connectivity index (χ3v) is 14.4. The first-order valence-corrected chi connectivity index (χ1v) is 22.0. The largest absolute Gasteiger partial charge is 0.357 e. The van der Waals surface area contributed by atoms with Gasteiger partial charge in [-0.05, 0) is 117 Å². The van der Waals surface area contributed by atoms with E-state index >= 15 is 9.59 Å². The molecule has 0 amide bonds. The summed E-state index contributed by atoms with van der Waals surface area (Å²) in [6.07, 6.45) is 8.00. The van der Waals surface area contributed by atoms with Gasteiger partial charge in [-0.3, -0.25) is 19.6 Å².